The summed E-state index contributed by atoms with van der Waals surface area (Å²) in [7, 11) is 0. The van der Waals surface area contributed by atoms with E-state index in [1.165, 1.54) is 5.56 Å². The van der Waals surface area contributed by atoms with E-state index >= 15 is 0 Å². The molecular formula is C19H21N3O. The van der Waals surface area contributed by atoms with Gasteiger partial charge in [-0.25, -0.2) is 0 Å². The van der Waals surface area contributed by atoms with Crippen LogP contribution in [0, 0.1) is 0 Å². The lowest BCUT2D eigenvalue weighted by Gasteiger charge is -2.25. The van der Waals surface area contributed by atoms with Crippen molar-refractivity contribution in [2.24, 2.45) is 0 Å². The standard InChI is InChI=1S/C19H21N3O/c1-3-22(14-16-10-6-4-7-11-16)15(2)18-20-21-19(23-18)17-12-8-5-9-13-17/h4-13,15H,3,14H2,1-2H3. The molecule has 0 saturated heterocycles. The molecule has 3 aromatic rings. The van der Waals surface area contributed by atoms with E-state index in [0.29, 0.717) is 11.8 Å². The molecule has 0 saturated carbocycles. The van der Waals surface area contributed by atoms with Crippen LogP contribution in [0.5, 0.6) is 0 Å². The highest BCUT2D eigenvalue weighted by Crippen LogP contribution is 2.24. The molecule has 0 amide bonds. The van der Waals surface area contributed by atoms with Crippen LogP contribution < -0.4 is 0 Å². The first-order valence-corrected chi connectivity index (χ1v) is 7.94. The van der Waals surface area contributed by atoms with Gasteiger partial charge in [-0.15, -0.1) is 10.2 Å². The zero-order valence-electron chi connectivity index (χ0n) is 13.5. The van der Waals surface area contributed by atoms with Crippen LogP contribution in [0.3, 0.4) is 0 Å². The Labute approximate surface area is 136 Å². The minimum atomic E-state index is 0.0742. The van der Waals surface area contributed by atoms with E-state index in [0.717, 1.165) is 18.7 Å². The van der Waals surface area contributed by atoms with Crippen LogP contribution in [0.15, 0.2) is 65.1 Å². The third-order valence-corrected chi connectivity index (χ3v) is 4.00. The molecule has 23 heavy (non-hydrogen) atoms. The first-order valence-electron chi connectivity index (χ1n) is 7.94. The number of rotatable bonds is 6. The third-order valence-electron chi connectivity index (χ3n) is 4.00. The van der Waals surface area contributed by atoms with E-state index in [4.69, 9.17) is 4.42 Å². The monoisotopic (exact) mass is 307 g/mol. The first-order chi connectivity index (χ1) is 11.3. The molecule has 1 atom stereocenters. The molecule has 0 spiro atoms. The SMILES string of the molecule is CCN(Cc1ccccc1)C(C)c1nnc(-c2ccccc2)o1. The van der Waals surface area contributed by atoms with Crippen LogP contribution >= 0.6 is 0 Å². The van der Waals surface area contributed by atoms with Crippen LogP contribution in [0.4, 0.5) is 0 Å². The Hall–Kier alpha value is -2.46. The summed E-state index contributed by atoms with van der Waals surface area (Å²) >= 11 is 0. The molecule has 0 N–H and O–H groups in total. The van der Waals surface area contributed by atoms with Gasteiger partial charge in [0, 0.05) is 12.1 Å². The van der Waals surface area contributed by atoms with Crippen LogP contribution in [-0.4, -0.2) is 21.6 Å². The lowest BCUT2D eigenvalue weighted by atomic mass is 10.2. The molecule has 118 valence electrons. The minimum absolute atomic E-state index is 0.0742. The Bertz CT molecular complexity index is 725. The average Bonchev–Trinajstić information content (AvgIpc) is 3.11. The second kappa shape index (κ2) is 7.20. The van der Waals surface area contributed by atoms with E-state index in [-0.39, 0.29) is 6.04 Å². The van der Waals surface area contributed by atoms with E-state index in [2.05, 4.69) is 53.2 Å². The lowest BCUT2D eigenvalue weighted by molar-refractivity contribution is 0.184. The summed E-state index contributed by atoms with van der Waals surface area (Å²) in [4.78, 5) is 2.32. The van der Waals surface area contributed by atoms with E-state index in [9.17, 15) is 0 Å². The maximum absolute atomic E-state index is 5.89. The van der Waals surface area contributed by atoms with Gasteiger partial charge in [-0.2, -0.15) is 0 Å². The van der Waals surface area contributed by atoms with Gasteiger partial charge in [0.15, 0.2) is 0 Å². The van der Waals surface area contributed by atoms with Crippen molar-refractivity contribution in [1.29, 1.82) is 0 Å². The lowest BCUT2D eigenvalue weighted by Crippen LogP contribution is -2.26. The molecule has 0 radical (unpaired) electrons. The summed E-state index contributed by atoms with van der Waals surface area (Å²) in [5.41, 5.74) is 2.23. The molecule has 1 heterocycles. The van der Waals surface area contributed by atoms with E-state index in [1.54, 1.807) is 0 Å². The van der Waals surface area contributed by atoms with Crippen molar-refractivity contribution in [3.8, 4) is 11.5 Å². The van der Waals surface area contributed by atoms with Gasteiger partial charge < -0.3 is 4.42 Å². The number of aromatic nitrogens is 2. The number of benzene rings is 2. The van der Waals surface area contributed by atoms with Crippen LogP contribution in [0.2, 0.25) is 0 Å². The molecule has 0 aliphatic carbocycles. The average molecular weight is 307 g/mol. The fourth-order valence-corrected chi connectivity index (χ4v) is 2.60. The minimum Gasteiger partial charge on any atom is -0.419 e. The molecule has 1 unspecified atom stereocenters. The molecule has 0 fully saturated rings. The maximum Gasteiger partial charge on any atom is 0.247 e. The van der Waals surface area contributed by atoms with Gasteiger partial charge in [-0.1, -0.05) is 55.5 Å². The van der Waals surface area contributed by atoms with Crippen molar-refractivity contribution in [1.82, 2.24) is 15.1 Å². The predicted octanol–water partition coefficient (Wildman–Crippen LogP) is 4.32. The normalized spacial score (nSPS) is 12.5. The maximum atomic E-state index is 5.89. The van der Waals surface area contributed by atoms with Crippen molar-refractivity contribution in [2.75, 3.05) is 6.54 Å². The number of nitrogens with zero attached hydrogens (tertiary/aromatic N) is 3. The Morgan fingerprint density at radius 1 is 0.957 bits per heavy atom. The molecule has 0 aliphatic heterocycles. The molecular weight excluding hydrogens is 286 g/mol. The Morgan fingerprint density at radius 2 is 1.61 bits per heavy atom. The van der Waals surface area contributed by atoms with Crippen molar-refractivity contribution < 1.29 is 4.42 Å². The predicted molar refractivity (Wildman–Crippen MR) is 90.7 cm³/mol. The first kappa shape index (κ1) is 15.4. The molecule has 3 rings (SSSR count). The van der Waals surface area contributed by atoms with Crippen molar-refractivity contribution >= 4 is 0 Å². The highest BCUT2D eigenvalue weighted by atomic mass is 16.4. The zero-order valence-corrected chi connectivity index (χ0v) is 13.5. The Morgan fingerprint density at radius 3 is 2.26 bits per heavy atom. The Kier molecular flexibility index (Phi) is 4.83. The summed E-state index contributed by atoms with van der Waals surface area (Å²) in [6.07, 6.45) is 0. The second-order valence-corrected chi connectivity index (χ2v) is 5.54. The topological polar surface area (TPSA) is 42.2 Å². The molecule has 2 aromatic carbocycles. The highest BCUT2D eigenvalue weighted by molar-refractivity contribution is 5.51. The molecule has 1 aromatic heterocycles. The highest BCUT2D eigenvalue weighted by Gasteiger charge is 2.20. The molecule has 4 nitrogen and oxygen atoms in total. The number of hydrogen-bond acceptors (Lipinski definition) is 4. The molecule has 0 bridgehead atoms. The van der Waals surface area contributed by atoms with Gasteiger partial charge in [0.05, 0.1) is 6.04 Å². The quantitative estimate of drug-likeness (QED) is 0.680. The largest absolute Gasteiger partial charge is 0.419 e. The van der Waals surface area contributed by atoms with Gasteiger partial charge in [-0.3, -0.25) is 4.90 Å². The number of hydrogen-bond donors (Lipinski definition) is 0. The smallest absolute Gasteiger partial charge is 0.247 e. The van der Waals surface area contributed by atoms with Crippen molar-refractivity contribution in [3.63, 3.8) is 0 Å². The van der Waals surface area contributed by atoms with Gasteiger partial charge in [0.2, 0.25) is 11.8 Å². The van der Waals surface area contributed by atoms with Gasteiger partial charge in [0.25, 0.3) is 0 Å². The third kappa shape index (κ3) is 3.66. The van der Waals surface area contributed by atoms with E-state index in [1.807, 2.05) is 36.4 Å². The summed E-state index contributed by atoms with van der Waals surface area (Å²) in [6, 6.07) is 20.4. The summed E-state index contributed by atoms with van der Waals surface area (Å²) < 4.78 is 5.89. The van der Waals surface area contributed by atoms with Crippen LogP contribution in [-0.2, 0) is 6.54 Å². The fourth-order valence-electron chi connectivity index (χ4n) is 2.60. The summed E-state index contributed by atoms with van der Waals surface area (Å²) in [5, 5.41) is 8.43. The van der Waals surface area contributed by atoms with Crippen molar-refractivity contribution in [2.45, 2.75) is 26.4 Å². The second-order valence-electron chi connectivity index (χ2n) is 5.54. The fraction of sp³-hybridized carbons (Fsp3) is 0.263. The summed E-state index contributed by atoms with van der Waals surface area (Å²) in [6.45, 7) is 6.03. The van der Waals surface area contributed by atoms with Crippen LogP contribution in [0.1, 0.15) is 31.3 Å². The zero-order chi connectivity index (χ0) is 16.1. The van der Waals surface area contributed by atoms with Gasteiger partial charge >= 0.3 is 0 Å². The van der Waals surface area contributed by atoms with Gasteiger partial charge in [-0.05, 0) is 31.2 Å². The Balaban J connectivity index is 1.76. The van der Waals surface area contributed by atoms with Gasteiger partial charge in [0.1, 0.15) is 0 Å². The molecule has 0 aliphatic rings. The van der Waals surface area contributed by atoms with Crippen LogP contribution in [0.25, 0.3) is 11.5 Å². The van der Waals surface area contributed by atoms with E-state index < -0.39 is 0 Å². The van der Waals surface area contributed by atoms with Crippen molar-refractivity contribution in [3.05, 3.63) is 72.1 Å². The molecule has 4 heteroatoms. The summed E-state index contributed by atoms with van der Waals surface area (Å²) in [5.74, 6) is 1.23.